The van der Waals surface area contributed by atoms with Gasteiger partial charge in [0.25, 0.3) is 5.91 Å². The van der Waals surface area contributed by atoms with E-state index in [1.165, 1.54) is 18.2 Å². The Hall–Kier alpha value is -2.99. The van der Waals surface area contributed by atoms with Gasteiger partial charge in [-0.1, -0.05) is 23.7 Å². The monoisotopic (exact) mass is 384 g/mol. The van der Waals surface area contributed by atoms with Crippen LogP contribution in [-0.2, 0) is 0 Å². The highest BCUT2D eigenvalue weighted by atomic mass is 35.5. The van der Waals surface area contributed by atoms with Crippen molar-refractivity contribution >= 4 is 34.8 Å². The molecule has 1 aromatic heterocycles. The van der Waals surface area contributed by atoms with Gasteiger partial charge in [0.2, 0.25) is 5.95 Å². The summed E-state index contributed by atoms with van der Waals surface area (Å²) in [5.74, 6) is -0.632. The number of hydrogen-bond donors (Lipinski definition) is 2. The van der Waals surface area contributed by atoms with E-state index in [0.717, 1.165) is 11.1 Å². The summed E-state index contributed by atoms with van der Waals surface area (Å²) in [5, 5.41) is 6.25. The number of benzene rings is 2. The second-order valence-electron chi connectivity index (χ2n) is 6.25. The summed E-state index contributed by atoms with van der Waals surface area (Å²) in [6.07, 6.45) is 0. The first-order valence-corrected chi connectivity index (χ1v) is 8.66. The fourth-order valence-corrected chi connectivity index (χ4v) is 3.06. The maximum atomic E-state index is 13.3. The van der Waals surface area contributed by atoms with Crippen LogP contribution >= 0.6 is 11.6 Å². The van der Waals surface area contributed by atoms with Crippen LogP contribution in [0, 0.1) is 26.6 Å². The molecule has 1 heterocycles. The number of amides is 1. The number of rotatable bonds is 4. The third-order valence-electron chi connectivity index (χ3n) is 3.84. The van der Waals surface area contributed by atoms with Gasteiger partial charge in [-0.2, -0.15) is 0 Å². The predicted molar refractivity (Wildman–Crippen MR) is 105 cm³/mol. The Labute approximate surface area is 161 Å². The fourth-order valence-electron chi connectivity index (χ4n) is 2.69. The molecule has 7 heteroatoms. The van der Waals surface area contributed by atoms with Gasteiger partial charge in [-0.15, -0.1) is 0 Å². The van der Waals surface area contributed by atoms with Gasteiger partial charge in [0.15, 0.2) is 0 Å². The molecule has 0 aliphatic heterocycles. The molecule has 0 atom stereocenters. The summed E-state index contributed by atoms with van der Waals surface area (Å²) in [4.78, 5) is 21.1. The summed E-state index contributed by atoms with van der Waals surface area (Å²) in [7, 11) is 0. The van der Waals surface area contributed by atoms with E-state index in [9.17, 15) is 9.18 Å². The Kier molecular flexibility index (Phi) is 5.37. The van der Waals surface area contributed by atoms with E-state index in [4.69, 9.17) is 11.6 Å². The first kappa shape index (κ1) is 18.8. The molecule has 138 valence electrons. The summed E-state index contributed by atoms with van der Waals surface area (Å²) in [6.45, 7) is 5.64. The number of hydrogen-bond acceptors (Lipinski definition) is 4. The van der Waals surface area contributed by atoms with Crippen molar-refractivity contribution in [3.8, 4) is 0 Å². The maximum Gasteiger partial charge on any atom is 0.274 e. The number of nitrogens with one attached hydrogen (secondary N) is 2. The largest absolute Gasteiger partial charge is 0.323 e. The van der Waals surface area contributed by atoms with Gasteiger partial charge in [-0.25, -0.2) is 14.4 Å². The van der Waals surface area contributed by atoms with E-state index < -0.39 is 11.7 Å². The molecule has 0 saturated heterocycles. The summed E-state index contributed by atoms with van der Waals surface area (Å²) >= 11 is 6.32. The highest BCUT2D eigenvalue weighted by Crippen LogP contribution is 2.29. The molecule has 0 unspecified atom stereocenters. The Bertz CT molecular complexity index is 1000. The zero-order valence-corrected chi connectivity index (χ0v) is 15.9. The highest BCUT2D eigenvalue weighted by Gasteiger charge is 2.13. The molecule has 0 spiro atoms. The molecule has 2 aromatic carbocycles. The molecule has 0 bridgehead atoms. The van der Waals surface area contributed by atoms with Gasteiger partial charge in [0, 0.05) is 11.4 Å². The summed E-state index contributed by atoms with van der Waals surface area (Å²) in [5.41, 5.74) is 3.79. The zero-order chi connectivity index (χ0) is 19.6. The minimum atomic E-state index is -0.458. The molecule has 0 saturated carbocycles. The molecule has 5 nitrogen and oxygen atoms in total. The molecule has 0 radical (unpaired) electrons. The highest BCUT2D eigenvalue weighted by molar-refractivity contribution is 6.33. The Balaban J connectivity index is 1.87. The molecule has 0 aliphatic carbocycles. The molecule has 0 aliphatic rings. The van der Waals surface area contributed by atoms with E-state index in [2.05, 4.69) is 20.6 Å². The van der Waals surface area contributed by atoms with Gasteiger partial charge in [-0.3, -0.25) is 4.79 Å². The van der Waals surface area contributed by atoms with Crippen molar-refractivity contribution in [3.05, 3.63) is 75.8 Å². The number of aromatic nitrogens is 2. The quantitative estimate of drug-likeness (QED) is 0.649. The van der Waals surface area contributed by atoms with Gasteiger partial charge in [0.1, 0.15) is 11.5 Å². The third kappa shape index (κ3) is 4.60. The summed E-state index contributed by atoms with van der Waals surface area (Å²) < 4.78 is 13.3. The molecule has 2 N–H and O–H groups in total. The normalized spacial score (nSPS) is 10.6. The number of carbonyl (C=O) groups excluding carboxylic acids is 1. The molecule has 27 heavy (non-hydrogen) atoms. The average molecular weight is 385 g/mol. The van der Waals surface area contributed by atoms with Crippen LogP contribution in [0.2, 0.25) is 5.02 Å². The van der Waals surface area contributed by atoms with E-state index in [-0.39, 0.29) is 11.6 Å². The minimum absolute atomic E-state index is 0.162. The van der Waals surface area contributed by atoms with Crippen LogP contribution in [0.25, 0.3) is 0 Å². The van der Waals surface area contributed by atoms with Gasteiger partial charge < -0.3 is 10.6 Å². The zero-order valence-electron chi connectivity index (χ0n) is 15.1. The van der Waals surface area contributed by atoms with Crippen molar-refractivity contribution in [2.45, 2.75) is 20.8 Å². The standard InChI is InChI=1S/C20H18ClFN4O/c1-11-7-12(2)18(16(21)8-11)26-20-23-13(3)9-17(25-20)19(27)24-15-6-4-5-14(22)10-15/h4-10H,1-3H3,(H,24,27)(H,23,25,26). The van der Waals surface area contributed by atoms with Crippen molar-refractivity contribution in [1.82, 2.24) is 9.97 Å². The topological polar surface area (TPSA) is 66.9 Å². The van der Waals surface area contributed by atoms with Crippen molar-refractivity contribution in [2.75, 3.05) is 10.6 Å². The van der Waals surface area contributed by atoms with Gasteiger partial charge in [-0.05, 0) is 62.2 Å². The second-order valence-corrected chi connectivity index (χ2v) is 6.65. The van der Waals surface area contributed by atoms with E-state index in [1.54, 1.807) is 19.1 Å². The molecule has 3 aromatic rings. The Morgan fingerprint density at radius 2 is 1.85 bits per heavy atom. The smallest absolute Gasteiger partial charge is 0.274 e. The lowest BCUT2D eigenvalue weighted by atomic mass is 10.1. The lowest BCUT2D eigenvalue weighted by Crippen LogP contribution is -2.15. The summed E-state index contributed by atoms with van der Waals surface area (Å²) in [6, 6.07) is 11.0. The maximum absolute atomic E-state index is 13.3. The van der Waals surface area contributed by atoms with Crippen LogP contribution in [0.1, 0.15) is 27.3 Å². The van der Waals surface area contributed by atoms with Gasteiger partial charge in [0.05, 0.1) is 10.7 Å². The molecular weight excluding hydrogens is 367 g/mol. The van der Waals surface area contributed by atoms with Crippen LogP contribution in [-0.4, -0.2) is 15.9 Å². The van der Waals surface area contributed by atoms with E-state index >= 15 is 0 Å². The van der Waals surface area contributed by atoms with Crippen molar-refractivity contribution in [3.63, 3.8) is 0 Å². The fraction of sp³-hybridized carbons (Fsp3) is 0.150. The Morgan fingerprint density at radius 1 is 1.07 bits per heavy atom. The van der Waals surface area contributed by atoms with Crippen molar-refractivity contribution in [1.29, 1.82) is 0 Å². The Morgan fingerprint density at radius 3 is 2.56 bits per heavy atom. The van der Waals surface area contributed by atoms with E-state index in [1.807, 2.05) is 26.0 Å². The number of nitrogens with zero attached hydrogens (tertiary/aromatic N) is 2. The number of aryl methyl sites for hydroxylation is 3. The average Bonchev–Trinajstić information content (AvgIpc) is 2.57. The molecule has 1 amide bonds. The predicted octanol–water partition coefficient (Wildman–Crippen LogP) is 5.19. The first-order valence-electron chi connectivity index (χ1n) is 8.28. The second kappa shape index (κ2) is 7.72. The van der Waals surface area contributed by atoms with E-state index in [0.29, 0.717) is 22.1 Å². The van der Waals surface area contributed by atoms with Crippen LogP contribution in [0.4, 0.5) is 21.7 Å². The van der Waals surface area contributed by atoms with Crippen molar-refractivity contribution < 1.29 is 9.18 Å². The minimum Gasteiger partial charge on any atom is -0.323 e. The lowest BCUT2D eigenvalue weighted by molar-refractivity contribution is 0.102. The van der Waals surface area contributed by atoms with Crippen LogP contribution in [0.5, 0.6) is 0 Å². The third-order valence-corrected chi connectivity index (χ3v) is 4.14. The molecule has 3 rings (SSSR count). The SMILES string of the molecule is Cc1cc(C)c(Nc2nc(C)cc(C(=O)Nc3cccc(F)c3)n2)c(Cl)c1. The number of anilines is 3. The van der Waals surface area contributed by atoms with Crippen LogP contribution in [0.15, 0.2) is 42.5 Å². The van der Waals surface area contributed by atoms with Crippen molar-refractivity contribution in [2.24, 2.45) is 0 Å². The number of halogens is 2. The number of carbonyl (C=O) groups is 1. The van der Waals surface area contributed by atoms with Crippen LogP contribution in [0.3, 0.4) is 0 Å². The lowest BCUT2D eigenvalue weighted by Gasteiger charge is -2.13. The molecular formula is C20H18ClFN4O. The van der Waals surface area contributed by atoms with Gasteiger partial charge >= 0.3 is 0 Å². The first-order chi connectivity index (χ1) is 12.8. The van der Waals surface area contributed by atoms with Crippen LogP contribution < -0.4 is 10.6 Å². The molecule has 0 fully saturated rings.